The van der Waals surface area contributed by atoms with Gasteiger partial charge >= 0.3 is 0 Å². The zero-order valence-electron chi connectivity index (χ0n) is 8.82. The number of aryl methyl sites for hydroxylation is 1. The Balaban J connectivity index is 2.12. The van der Waals surface area contributed by atoms with Crippen molar-refractivity contribution in [1.82, 2.24) is 0 Å². The van der Waals surface area contributed by atoms with Crippen LogP contribution in [0.4, 0.5) is 11.4 Å². The fraction of sp³-hybridized carbons (Fsp3) is 0.0769. The molecule has 0 amide bonds. The van der Waals surface area contributed by atoms with E-state index >= 15 is 0 Å². The van der Waals surface area contributed by atoms with Crippen LogP contribution in [0.25, 0.3) is 0 Å². The molecule has 0 saturated carbocycles. The van der Waals surface area contributed by atoms with E-state index in [2.05, 4.69) is 17.4 Å². The molecule has 0 saturated heterocycles. The van der Waals surface area contributed by atoms with Crippen LogP contribution in [0.15, 0.2) is 46.2 Å². The molecule has 1 aliphatic rings. The lowest BCUT2D eigenvalue weighted by atomic mass is 10.2. The summed E-state index contributed by atoms with van der Waals surface area (Å²) in [6.45, 7) is 1.91. The van der Waals surface area contributed by atoms with E-state index in [0.717, 1.165) is 21.8 Å². The number of aromatic hydroxyl groups is 1. The quantitative estimate of drug-likeness (QED) is 0.573. The molecule has 2 aromatic rings. The van der Waals surface area contributed by atoms with E-state index in [1.165, 1.54) is 4.90 Å². The highest BCUT2D eigenvalue weighted by atomic mass is 32.2. The topological polar surface area (TPSA) is 32.3 Å². The van der Waals surface area contributed by atoms with Crippen LogP contribution in [-0.4, -0.2) is 5.11 Å². The van der Waals surface area contributed by atoms with Crippen LogP contribution in [0.1, 0.15) is 5.56 Å². The maximum Gasteiger partial charge on any atom is 0.119 e. The van der Waals surface area contributed by atoms with Gasteiger partial charge in [0.1, 0.15) is 5.75 Å². The molecule has 0 unspecified atom stereocenters. The van der Waals surface area contributed by atoms with Crippen LogP contribution in [0.3, 0.4) is 0 Å². The summed E-state index contributed by atoms with van der Waals surface area (Å²) >= 11 is 1.68. The molecule has 3 rings (SSSR count). The third-order valence-electron chi connectivity index (χ3n) is 2.67. The van der Waals surface area contributed by atoms with E-state index in [4.69, 9.17) is 0 Å². The number of nitrogens with one attached hydrogen (secondary N) is 1. The zero-order chi connectivity index (χ0) is 11.1. The van der Waals surface area contributed by atoms with Gasteiger partial charge in [-0.2, -0.15) is 0 Å². The van der Waals surface area contributed by atoms with Crippen LogP contribution in [0.5, 0.6) is 5.75 Å². The molecule has 0 aliphatic carbocycles. The van der Waals surface area contributed by atoms with Crippen LogP contribution in [0, 0.1) is 6.92 Å². The standard InChI is InChI=1S/C13H11NOS/c1-8-6-10-13(7-11(8)15)16-12-5-3-2-4-9(12)14-10/h2-7,14-15H,1H3. The van der Waals surface area contributed by atoms with E-state index < -0.39 is 0 Å². The Bertz CT molecular complexity index is 516. The first-order chi connectivity index (χ1) is 7.74. The lowest BCUT2D eigenvalue weighted by Gasteiger charge is -2.21. The molecule has 2 nitrogen and oxygen atoms in total. The van der Waals surface area contributed by atoms with Crippen molar-refractivity contribution in [3.8, 4) is 5.75 Å². The van der Waals surface area contributed by atoms with E-state index in [1.54, 1.807) is 11.8 Å². The molecule has 16 heavy (non-hydrogen) atoms. The van der Waals surface area contributed by atoms with Gasteiger partial charge in [0.15, 0.2) is 0 Å². The van der Waals surface area contributed by atoms with Gasteiger partial charge in [0, 0.05) is 9.79 Å². The number of benzene rings is 2. The smallest absolute Gasteiger partial charge is 0.119 e. The Labute approximate surface area is 98.3 Å². The molecule has 3 heteroatoms. The molecule has 2 aromatic carbocycles. The minimum Gasteiger partial charge on any atom is -0.508 e. The number of anilines is 2. The fourth-order valence-corrected chi connectivity index (χ4v) is 2.78. The van der Waals surface area contributed by atoms with Crippen molar-refractivity contribution in [3.63, 3.8) is 0 Å². The molecule has 0 radical (unpaired) electrons. The SMILES string of the molecule is Cc1cc2c(cc1O)Sc1ccccc1N2. The van der Waals surface area contributed by atoms with Gasteiger partial charge in [-0.1, -0.05) is 23.9 Å². The van der Waals surface area contributed by atoms with Gasteiger partial charge < -0.3 is 10.4 Å². The summed E-state index contributed by atoms with van der Waals surface area (Å²) in [5.74, 6) is 0.354. The predicted molar refractivity (Wildman–Crippen MR) is 66.7 cm³/mol. The number of fused-ring (bicyclic) bond motifs is 2. The van der Waals surface area contributed by atoms with Gasteiger partial charge in [0.05, 0.1) is 11.4 Å². The van der Waals surface area contributed by atoms with Crippen molar-refractivity contribution >= 4 is 23.1 Å². The maximum atomic E-state index is 9.68. The van der Waals surface area contributed by atoms with Crippen molar-refractivity contribution in [2.45, 2.75) is 16.7 Å². The first kappa shape index (κ1) is 9.60. The molecule has 0 bridgehead atoms. The average molecular weight is 229 g/mol. The Morgan fingerprint density at radius 3 is 2.75 bits per heavy atom. The molecule has 1 aliphatic heterocycles. The Hall–Kier alpha value is -1.61. The normalized spacial score (nSPS) is 12.6. The van der Waals surface area contributed by atoms with Gasteiger partial charge in [0.25, 0.3) is 0 Å². The molecule has 80 valence electrons. The molecule has 0 aromatic heterocycles. The third-order valence-corrected chi connectivity index (χ3v) is 3.81. The van der Waals surface area contributed by atoms with Crippen molar-refractivity contribution in [2.75, 3.05) is 5.32 Å². The summed E-state index contributed by atoms with van der Waals surface area (Å²) in [4.78, 5) is 2.26. The highest BCUT2D eigenvalue weighted by Crippen LogP contribution is 2.45. The molecule has 0 atom stereocenters. The second-order valence-electron chi connectivity index (χ2n) is 3.86. The molecule has 0 fully saturated rings. The minimum absolute atomic E-state index is 0.354. The average Bonchev–Trinajstić information content (AvgIpc) is 2.28. The van der Waals surface area contributed by atoms with Crippen molar-refractivity contribution < 1.29 is 5.11 Å². The second kappa shape index (κ2) is 3.46. The monoisotopic (exact) mass is 229 g/mol. The number of para-hydroxylation sites is 1. The highest BCUT2D eigenvalue weighted by Gasteiger charge is 2.16. The highest BCUT2D eigenvalue weighted by molar-refractivity contribution is 7.99. The fourth-order valence-electron chi connectivity index (χ4n) is 1.78. The number of hydrogen-bond acceptors (Lipinski definition) is 3. The molecular weight excluding hydrogens is 218 g/mol. The molecule has 1 heterocycles. The summed E-state index contributed by atoms with van der Waals surface area (Å²) < 4.78 is 0. The van der Waals surface area contributed by atoms with Crippen molar-refractivity contribution in [2.24, 2.45) is 0 Å². The summed E-state index contributed by atoms with van der Waals surface area (Å²) in [5.41, 5.74) is 3.09. The lowest BCUT2D eigenvalue weighted by Crippen LogP contribution is -1.99. The number of phenols is 1. The van der Waals surface area contributed by atoms with Crippen molar-refractivity contribution in [1.29, 1.82) is 0 Å². The van der Waals surface area contributed by atoms with Crippen LogP contribution in [0.2, 0.25) is 0 Å². The van der Waals surface area contributed by atoms with Crippen LogP contribution in [-0.2, 0) is 0 Å². The minimum atomic E-state index is 0.354. The van der Waals surface area contributed by atoms with Gasteiger partial charge in [-0.15, -0.1) is 0 Å². The van der Waals surface area contributed by atoms with Gasteiger partial charge in [0.2, 0.25) is 0 Å². The third kappa shape index (κ3) is 1.44. The second-order valence-corrected chi connectivity index (χ2v) is 4.94. The Morgan fingerprint density at radius 2 is 1.88 bits per heavy atom. The summed E-state index contributed by atoms with van der Waals surface area (Å²) in [6, 6.07) is 12.0. The van der Waals surface area contributed by atoms with E-state index in [9.17, 15) is 5.11 Å². The summed E-state index contributed by atoms with van der Waals surface area (Å²) in [7, 11) is 0. The largest absolute Gasteiger partial charge is 0.508 e. The maximum absolute atomic E-state index is 9.68. The number of hydrogen-bond donors (Lipinski definition) is 2. The first-order valence-electron chi connectivity index (χ1n) is 5.11. The van der Waals surface area contributed by atoms with E-state index in [1.807, 2.05) is 31.2 Å². The number of phenolic OH excluding ortho intramolecular Hbond substituents is 1. The van der Waals surface area contributed by atoms with Gasteiger partial charge in [-0.05, 0) is 36.8 Å². The lowest BCUT2D eigenvalue weighted by molar-refractivity contribution is 0.469. The van der Waals surface area contributed by atoms with Crippen molar-refractivity contribution in [3.05, 3.63) is 42.0 Å². The van der Waals surface area contributed by atoms with Gasteiger partial charge in [-0.3, -0.25) is 0 Å². The summed E-state index contributed by atoms with van der Waals surface area (Å²) in [6.07, 6.45) is 0. The predicted octanol–water partition coefficient (Wildman–Crippen LogP) is 3.91. The molecule has 0 spiro atoms. The van der Waals surface area contributed by atoms with E-state index in [0.29, 0.717) is 5.75 Å². The van der Waals surface area contributed by atoms with Crippen LogP contribution < -0.4 is 5.32 Å². The molecule has 2 N–H and O–H groups in total. The Morgan fingerprint density at radius 1 is 1.06 bits per heavy atom. The summed E-state index contributed by atoms with van der Waals surface area (Å²) in [5, 5.41) is 13.1. The Kier molecular flexibility index (Phi) is 2.07. The first-order valence-corrected chi connectivity index (χ1v) is 5.93. The zero-order valence-corrected chi connectivity index (χ0v) is 9.64. The van der Waals surface area contributed by atoms with Gasteiger partial charge in [-0.25, -0.2) is 0 Å². The number of rotatable bonds is 0. The van der Waals surface area contributed by atoms with E-state index in [-0.39, 0.29) is 0 Å². The molecular formula is C13H11NOS. The van der Waals surface area contributed by atoms with Crippen LogP contribution >= 0.6 is 11.8 Å².